The molecule has 0 aliphatic heterocycles. The number of rotatable bonds is 3. The van der Waals surface area contributed by atoms with Gasteiger partial charge < -0.3 is 9.47 Å². The Kier molecular flexibility index (Phi) is 3.90. The maximum absolute atomic E-state index is 9.38. The van der Waals surface area contributed by atoms with Crippen molar-refractivity contribution >= 4 is 32.6 Å². The molecule has 0 aliphatic carbocycles. The summed E-state index contributed by atoms with van der Waals surface area (Å²) in [4.78, 5) is 13.7. The highest BCUT2D eigenvalue weighted by molar-refractivity contribution is 7.21. The van der Waals surface area contributed by atoms with E-state index in [0.717, 1.165) is 32.1 Å². The topological polar surface area (TPSA) is 80.9 Å². The lowest BCUT2D eigenvalue weighted by Crippen LogP contribution is -1.93. The summed E-state index contributed by atoms with van der Waals surface area (Å²) in [7, 11) is 3.18. The number of aryl methyl sites for hydroxylation is 1. The monoisotopic (exact) mass is 362 g/mol. The molecule has 26 heavy (non-hydrogen) atoms. The number of methoxy groups -OCH3 is 2. The average Bonchev–Trinajstić information content (AvgIpc) is 3.10. The molecule has 0 saturated carbocycles. The van der Waals surface area contributed by atoms with Crippen LogP contribution in [-0.2, 0) is 0 Å². The summed E-state index contributed by atoms with van der Waals surface area (Å²) in [6.45, 7) is 2.00. The van der Waals surface area contributed by atoms with Crippen molar-refractivity contribution in [3.05, 3.63) is 41.6 Å². The summed E-state index contributed by atoms with van der Waals surface area (Å²) in [6.07, 6.45) is 1.57. The van der Waals surface area contributed by atoms with Gasteiger partial charge in [0.1, 0.15) is 10.8 Å². The van der Waals surface area contributed by atoms with E-state index in [1.54, 1.807) is 25.4 Å². The molecule has 2 aromatic carbocycles. The zero-order chi connectivity index (χ0) is 18.3. The molecule has 0 amide bonds. The minimum absolute atomic E-state index is 0.406. The Morgan fingerprint density at radius 3 is 2.62 bits per heavy atom. The SMILES string of the molecule is COc1cc(C)c2nc(-c3cc(C#N)cc4nc(OC)cnc34)sc2c1. The number of benzene rings is 2. The lowest BCUT2D eigenvalue weighted by molar-refractivity contribution is 0.397. The fraction of sp³-hybridized carbons (Fsp3) is 0.158. The van der Waals surface area contributed by atoms with E-state index in [1.807, 2.05) is 19.1 Å². The summed E-state index contributed by atoms with van der Waals surface area (Å²) in [5.41, 5.74) is 4.54. The average molecular weight is 362 g/mol. The van der Waals surface area contributed by atoms with Crippen LogP contribution in [0.3, 0.4) is 0 Å². The largest absolute Gasteiger partial charge is 0.497 e. The highest BCUT2D eigenvalue weighted by atomic mass is 32.1. The minimum atomic E-state index is 0.406. The van der Waals surface area contributed by atoms with Crippen LogP contribution < -0.4 is 9.47 Å². The Balaban J connectivity index is 2.00. The second-order valence-electron chi connectivity index (χ2n) is 5.73. The molecule has 0 bridgehead atoms. The molecule has 0 radical (unpaired) electrons. The van der Waals surface area contributed by atoms with Crippen molar-refractivity contribution in [2.24, 2.45) is 0 Å². The maximum Gasteiger partial charge on any atom is 0.232 e. The first-order valence-electron chi connectivity index (χ1n) is 7.83. The number of nitriles is 1. The van der Waals surface area contributed by atoms with Gasteiger partial charge in [-0.2, -0.15) is 5.26 Å². The Bertz CT molecular complexity index is 1190. The van der Waals surface area contributed by atoms with Gasteiger partial charge in [-0.3, -0.25) is 0 Å². The summed E-state index contributed by atoms with van der Waals surface area (Å²) in [6, 6.07) is 9.61. The molecule has 128 valence electrons. The van der Waals surface area contributed by atoms with Crippen LogP contribution >= 0.6 is 11.3 Å². The summed E-state index contributed by atoms with van der Waals surface area (Å²) >= 11 is 1.54. The third-order valence-electron chi connectivity index (χ3n) is 4.09. The Morgan fingerprint density at radius 2 is 1.88 bits per heavy atom. The number of ether oxygens (including phenoxy) is 2. The van der Waals surface area contributed by atoms with Gasteiger partial charge in [0.05, 0.1) is 53.3 Å². The van der Waals surface area contributed by atoms with Gasteiger partial charge in [0.15, 0.2) is 0 Å². The van der Waals surface area contributed by atoms with Crippen LogP contribution in [-0.4, -0.2) is 29.2 Å². The Hall–Kier alpha value is -3.24. The molecular formula is C19H14N4O2S. The van der Waals surface area contributed by atoms with Gasteiger partial charge in [0.2, 0.25) is 5.88 Å². The van der Waals surface area contributed by atoms with Crippen LogP contribution in [0.2, 0.25) is 0 Å². The minimum Gasteiger partial charge on any atom is -0.497 e. The van der Waals surface area contributed by atoms with Crippen LogP contribution in [0, 0.1) is 18.3 Å². The van der Waals surface area contributed by atoms with Gasteiger partial charge in [0.25, 0.3) is 0 Å². The van der Waals surface area contributed by atoms with Gasteiger partial charge in [-0.15, -0.1) is 11.3 Å². The second kappa shape index (κ2) is 6.24. The Morgan fingerprint density at radius 1 is 1.04 bits per heavy atom. The highest BCUT2D eigenvalue weighted by Gasteiger charge is 2.15. The molecule has 4 aromatic rings. The van der Waals surface area contributed by atoms with Crippen LogP contribution in [0.1, 0.15) is 11.1 Å². The smallest absolute Gasteiger partial charge is 0.232 e. The van der Waals surface area contributed by atoms with Gasteiger partial charge in [-0.1, -0.05) is 0 Å². The van der Waals surface area contributed by atoms with Crippen molar-refractivity contribution in [3.63, 3.8) is 0 Å². The van der Waals surface area contributed by atoms with Crippen LogP contribution in [0.5, 0.6) is 11.6 Å². The quantitative estimate of drug-likeness (QED) is 0.546. The summed E-state index contributed by atoms with van der Waals surface area (Å²) in [5.74, 6) is 1.20. The molecule has 0 saturated heterocycles. The van der Waals surface area contributed by atoms with E-state index in [2.05, 4.69) is 16.0 Å². The second-order valence-corrected chi connectivity index (χ2v) is 6.76. The molecule has 7 heteroatoms. The number of thiazole rings is 1. The molecule has 0 N–H and O–H groups in total. The van der Waals surface area contributed by atoms with Crippen molar-refractivity contribution < 1.29 is 9.47 Å². The van der Waals surface area contributed by atoms with Crippen LogP contribution in [0.25, 0.3) is 31.8 Å². The fourth-order valence-electron chi connectivity index (χ4n) is 2.83. The molecule has 2 aromatic heterocycles. The van der Waals surface area contributed by atoms with E-state index in [0.29, 0.717) is 22.5 Å². The van der Waals surface area contributed by atoms with Crippen molar-refractivity contribution in [2.45, 2.75) is 6.92 Å². The number of hydrogen-bond donors (Lipinski definition) is 0. The molecule has 2 heterocycles. The summed E-state index contributed by atoms with van der Waals surface area (Å²) < 4.78 is 11.5. The van der Waals surface area contributed by atoms with Crippen molar-refractivity contribution in [2.75, 3.05) is 14.2 Å². The maximum atomic E-state index is 9.38. The molecule has 0 spiro atoms. The lowest BCUT2D eigenvalue weighted by atomic mass is 10.1. The molecule has 0 aliphatic rings. The van der Waals surface area contributed by atoms with E-state index in [-0.39, 0.29) is 0 Å². The van der Waals surface area contributed by atoms with E-state index >= 15 is 0 Å². The molecule has 0 unspecified atom stereocenters. The van der Waals surface area contributed by atoms with Crippen molar-refractivity contribution in [3.8, 4) is 28.3 Å². The highest BCUT2D eigenvalue weighted by Crippen LogP contribution is 2.37. The number of aromatic nitrogens is 3. The summed E-state index contributed by atoms with van der Waals surface area (Å²) in [5, 5.41) is 10.2. The molecule has 6 nitrogen and oxygen atoms in total. The van der Waals surface area contributed by atoms with E-state index < -0.39 is 0 Å². The van der Waals surface area contributed by atoms with Crippen LogP contribution in [0.15, 0.2) is 30.5 Å². The zero-order valence-electron chi connectivity index (χ0n) is 14.4. The molecule has 0 fully saturated rings. The van der Waals surface area contributed by atoms with Gasteiger partial charge in [0, 0.05) is 5.56 Å². The number of fused-ring (bicyclic) bond motifs is 2. The number of hydrogen-bond acceptors (Lipinski definition) is 7. The van der Waals surface area contributed by atoms with Crippen molar-refractivity contribution in [1.29, 1.82) is 5.26 Å². The molecular weight excluding hydrogens is 348 g/mol. The third-order valence-corrected chi connectivity index (χ3v) is 5.12. The third kappa shape index (κ3) is 2.61. The van der Waals surface area contributed by atoms with E-state index in [9.17, 15) is 5.26 Å². The normalized spacial score (nSPS) is 10.8. The Labute approximate surface area is 153 Å². The standard InChI is InChI=1S/C19H14N4O2S/c1-10-4-12(24-2)7-15-17(10)23-19(26-15)13-5-11(8-20)6-14-18(13)21-9-16(22-14)25-3/h4-7,9H,1-3H3. The predicted molar refractivity (Wildman–Crippen MR) is 101 cm³/mol. The first kappa shape index (κ1) is 16.2. The van der Waals surface area contributed by atoms with E-state index in [1.165, 1.54) is 18.4 Å². The molecule has 4 rings (SSSR count). The van der Waals surface area contributed by atoms with Crippen molar-refractivity contribution in [1.82, 2.24) is 15.0 Å². The fourth-order valence-corrected chi connectivity index (χ4v) is 3.92. The van der Waals surface area contributed by atoms with E-state index in [4.69, 9.17) is 14.5 Å². The number of nitrogens with zero attached hydrogens (tertiary/aromatic N) is 4. The first-order chi connectivity index (χ1) is 12.6. The van der Waals surface area contributed by atoms with Crippen LogP contribution in [0.4, 0.5) is 0 Å². The predicted octanol–water partition coefficient (Wildman–Crippen LogP) is 4.10. The zero-order valence-corrected chi connectivity index (χ0v) is 15.2. The first-order valence-corrected chi connectivity index (χ1v) is 8.65. The van der Waals surface area contributed by atoms with Gasteiger partial charge in [-0.25, -0.2) is 15.0 Å². The lowest BCUT2D eigenvalue weighted by Gasteiger charge is -2.05. The van der Waals surface area contributed by atoms with Gasteiger partial charge >= 0.3 is 0 Å². The van der Waals surface area contributed by atoms with Gasteiger partial charge in [-0.05, 0) is 36.8 Å². The molecule has 0 atom stereocenters.